The summed E-state index contributed by atoms with van der Waals surface area (Å²) < 4.78 is 23.0. The zero-order valence-electron chi connectivity index (χ0n) is 10.8. The Bertz CT molecular complexity index is 595. The van der Waals surface area contributed by atoms with E-state index in [1.54, 1.807) is 11.3 Å². The molecular formula is C13H17NO3S2. The first-order valence-corrected chi connectivity index (χ1v) is 8.77. The van der Waals surface area contributed by atoms with Crippen molar-refractivity contribution in [3.63, 3.8) is 0 Å². The maximum absolute atomic E-state index is 11.5. The van der Waals surface area contributed by atoms with E-state index in [0.29, 0.717) is 6.54 Å². The Hall–Kier alpha value is -0.870. The predicted octanol–water partition coefficient (Wildman–Crippen LogP) is 0.711. The minimum atomic E-state index is -2.85. The third-order valence-electron chi connectivity index (χ3n) is 3.12. The molecule has 1 unspecified atom stereocenters. The molecule has 19 heavy (non-hydrogen) atoms. The molecule has 0 bridgehead atoms. The summed E-state index contributed by atoms with van der Waals surface area (Å²) in [4.78, 5) is 4.30. The Balaban J connectivity index is 2.00. The second-order valence-electron chi connectivity index (χ2n) is 4.66. The third kappa shape index (κ3) is 4.05. The predicted molar refractivity (Wildman–Crippen MR) is 76.8 cm³/mol. The van der Waals surface area contributed by atoms with Crippen LogP contribution in [0.3, 0.4) is 0 Å². The third-order valence-corrected chi connectivity index (χ3v) is 5.90. The Morgan fingerprint density at radius 3 is 3.00 bits per heavy atom. The van der Waals surface area contributed by atoms with Crippen molar-refractivity contribution in [2.24, 2.45) is 0 Å². The van der Waals surface area contributed by atoms with Gasteiger partial charge in [0.15, 0.2) is 9.84 Å². The van der Waals surface area contributed by atoms with Gasteiger partial charge in [-0.05, 0) is 19.1 Å². The van der Waals surface area contributed by atoms with E-state index in [2.05, 4.69) is 16.7 Å². The van der Waals surface area contributed by atoms with Crippen molar-refractivity contribution in [3.8, 4) is 11.8 Å². The van der Waals surface area contributed by atoms with Crippen LogP contribution in [0.15, 0.2) is 12.1 Å². The topological polar surface area (TPSA) is 57.6 Å². The van der Waals surface area contributed by atoms with Gasteiger partial charge in [0.05, 0.1) is 16.4 Å². The fourth-order valence-corrected chi connectivity index (χ4v) is 4.66. The fraction of sp³-hybridized carbons (Fsp3) is 0.538. The van der Waals surface area contributed by atoms with Crippen molar-refractivity contribution >= 4 is 21.2 Å². The zero-order valence-corrected chi connectivity index (χ0v) is 12.4. The largest absolute Gasteiger partial charge is 0.384 e. The summed E-state index contributed by atoms with van der Waals surface area (Å²) >= 11 is 1.59. The number of rotatable bonds is 2. The van der Waals surface area contributed by atoms with Crippen molar-refractivity contribution in [2.45, 2.75) is 19.5 Å². The lowest BCUT2D eigenvalue weighted by Gasteiger charge is -2.32. The molecule has 6 heteroatoms. The second kappa shape index (κ2) is 6.06. The van der Waals surface area contributed by atoms with Gasteiger partial charge in [0.25, 0.3) is 0 Å². The molecule has 4 nitrogen and oxygen atoms in total. The number of hydrogen-bond donors (Lipinski definition) is 1. The quantitative estimate of drug-likeness (QED) is 0.817. The van der Waals surface area contributed by atoms with Crippen LogP contribution in [0.1, 0.15) is 16.7 Å². The number of aliphatic hydroxyl groups is 1. The Labute approximate surface area is 118 Å². The van der Waals surface area contributed by atoms with Gasteiger partial charge in [-0.2, -0.15) is 0 Å². The van der Waals surface area contributed by atoms with Gasteiger partial charge in [-0.1, -0.05) is 11.8 Å². The maximum atomic E-state index is 11.5. The van der Waals surface area contributed by atoms with Gasteiger partial charge in [0.1, 0.15) is 6.61 Å². The zero-order chi connectivity index (χ0) is 13.9. The van der Waals surface area contributed by atoms with Crippen LogP contribution in [-0.2, 0) is 16.4 Å². The van der Waals surface area contributed by atoms with Gasteiger partial charge in [-0.3, -0.25) is 4.90 Å². The van der Waals surface area contributed by atoms with E-state index >= 15 is 0 Å². The van der Waals surface area contributed by atoms with Crippen LogP contribution in [0.4, 0.5) is 0 Å². The molecular weight excluding hydrogens is 282 g/mol. The fourth-order valence-electron chi connectivity index (χ4n) is 2.12. The van der Waals surface area contributed by atoms with Gasteiger partial charge in [-0.25, -0.2) is 8.42 Å². The molecule has 1 aliphatic heterocycles. The van der Waals surface area contributed by atoms with Crippen molar-refractivity contribution in [1.29, 1.82) is 0 Å². The average Bonchev–Trinajstić information content (AvgIpc) is 2.77. The summed E-state index contributed by atoms with van der Waals surface area (Å²) in [5.74, 6) is 6.00. The van der Waals surface area contributed by atoms with E-state index < -0.39 is 9.84 Å². The van der Waals surface area contributed by atoms with E-state index in [0.717, 1.165) is 11.4 Å². The molecule has 104 valence electrons. The van der Waals surface area contributed by atoms with Gasteiger partial charge < -0.3 is 5.11 Å². The summed E-state index contributed by atoms with van der Waals surface area (Å²) in [6.45, 7) is 3.19. The molecule has 1 atom stereocenters. The molecule has 1 saturated heterocycles. The normalized spacial score (nSPS) is 22.7. The van der Waals surface area contributed by atoms with E-state index in [4.69, 9.17) is 5.11 Å². The number of thiophene rings is 1. The van der Waals surface area contributed by atoms with E-state index in [1.807, 2.05) is 19.1 Å². The molecule has 0 aliphatic carbocycles. The molecule has 0 aromatic carbocycles. The van der Waals surface area contributed by atoms with E-state index in [-0.39, 0.29) is 24.2 Å². The first-order valence-electron chi connectivity index (χ1n) is 6.13. The standard InChI is InChI=1S/C13H17NO3S2/c1-11-10-19(16,17)8-6-14(11)9-13-5-4-12(18-13)3-2-7-15/h4-5,11,15H,6-10H2,1H3. The molecule has 1 aromatic rings. The molecule has 1 N–H and O–H groups in total. The lowest BCUT2D eigenvalue weighted by molar-refractivity contribution is 0.220. The summed E-state index contributed by atoms with van der Waals surface area (Å²) in [6, 6.07) is 4.02. The first kappa shape index (κ1) is 14.5. The van der Waals surface area contributed by atoms with Crippen LogP contribution in [0.5, 0.6) is 0 Å². The highest BCUT2D eigenvalue weighted by Gasteiger charge is 2.28. The van der Waals surface area contributed by atoms with Crippen molar-refractivity contribution in [2.75, 3.05) is 24.7 Å². The average molecular weight is 299 g/mol. The first-order chi connectivity index (χ1) is 9.00. The smallest absolute Gasteiger partial charge is 0.153 e. The SMILES string of the molecule is CC1CS(=O)(=O)CCN1Cc1ccc(C#CCO)s1. The maximum Gasteiger partial charge on any atom is 0.153 e. The van der Waals surface area contributed by atoms with Gasteiger partial charge >= 0.3 is 0 Å². The molecule has 1 aromatic heterocycles. The molecule has 2 rings (SSSR count). The van der Waals surface area contributed by atoms with E-state index in [1.165, 1.54) is 4.88 Å². The van der Waals surface area contributed by atoms with Crippen LogP contribution in [0.25, 0.3) is 0 Å². The van der Waals surface area contributed by atoms with Crippen molar-refractivity contribution in [1.82, 2.24) is 4.90 Å². The summed E-state index contributed by atoms with van der Waals surface area (Å²) in [5, 5.41) is 8.65. The summed E-state index contributed by atoms with van der Waals surface area (Å²) in [6.07, 6.45) is 0. The minimum absolute atomic E-state index is 0.0628. The van der Waals surface area contributed by atoms with Crippen LogP contribution < -0.4 is 0 Å². The van der Waals surface area contributed by atoms with Gasteiger partial charge in [0, 0.05) is 24.0 Å². The highest BCUT2D eigenvalue weighted by atomic mass is 32.2. The number of hydrogen-bond acceptors (Lipinski definition) is 5. The lowest BCUT2D eigenvalue weighted by Crippen LogP contribution is -2.46. The monoisotopic (exact) mass is 299 g/mol. The van der Waals surface area contributed by atoms with Crippen LogP contribution in [0.2, 0.25) is 0 Å². The Kier molecular flexibility index (Phi) is 4.63. The van der Waals surface area contributed by atoms with Gasteiger partial charge in [0.2, 0.25) is 0 Å². The Morgan fingerprint density at radius 2 is 2.32 bits per heavy atom. The molecule has 0 spiro atoms. The molecule has 2 heterocycles. The molecule has 0 amide bonds. The summed E-state index contributed by atoms with van der Waals surface area (Å²) in [7, 11) is -2.85. The number of nitrogens with zero attached hydrogens (tertiary/aromatic N) is 1. The van der Waals surface area contributed by atoms with Crippen molar-refractivity contribution < 1.29 is 13.5 Å². The molecule has 1 fully saturated rings. The highest BCUT2D eigenvalue weighted by Crippen LogP contribution is 2.20. The lowest BCUT2D eigenvalue weighted by atomic mass is 10.3. The minimum Gasteiger partial charge on any atom is -0.384 e. The van der Waals surface area contributed by atoms with E-state index in [9.17, 15) is 8.42 Å². The number of sulfone groups is 1. The molecule has 0 saturated carbocycles. The van der Waals surface area contributed by atoms with Crippen LogP contribution in [0, 0.1) is 11.8 Å². The van der Waals surface area contributed by atoms with Gasteiger partial charge in [-0.15, -0.1) is 11.3 Å². The molecule has 0 radical (unpaired) electrons. The molecule has 1 aliphatic rings. The number of aliphatic hydroxyl groups excluding tert-OH is 1. The second-order valence-corrected chi connectivity index (χ2v) is 8.06. The summed E-state index contributed by atoms with van der Waals surface area (Å²) in [5.41, 5.74) is 0. The highest BCUT2D eigenvalue weighted by molar-refractivity contribution is 7.91. The Morgan fingerprint density at radius 1 is 1.53 bits per heavy atom. The van der Waals surface area contributed by atoms with Crippen LogP contribution in [-0.4, -0.2) is 49.1 Å². The van der Waals surface area contributed by atoms with Crippen molar-refractivity contribution in [3.05, 3.63) is 21.9 Å². The van der Waals surface area contributed by atoms with Crippen LogP contribution >= 0.6 is 11.3 Å².